The Hall–Kier alpha value is -3.14. The molecule has 1 aliphatic rings. The van der Waals surface area contributed by atoms with Gasteiger partial charge >= 0.3 is 6.18 Å². The van der Waals surface area contributed by atoms with Gasteiger partial charge in [0.1, 0.15) is 6.10 Å². The number of ether oxygens (including phenoxy) is 2. The highest BCUT2D eigenvalue weighted by Crippen LogP contribution is 2.59. The van der Waals surface area contributed by atoms with Crippen molar-refractivity contribution in [2.24, 2.45) is 5.92 Å². The Morgan fingerprint density at radius 3 is 2.48 bits per heavy atom. The van der Waals surface area contributed by atoms with Crippen molar-refractivity contribution in [2.75, 3.05) is 12.8 Å². The fourth-order valence-electron chi connectivity index (χ4n) is 4.52. The number of aromatic amines is 1. The summed E-state index contributed by atoms with van der Waals surface area (Å²) in [5.41, 5.74) is 3.38. The predicted octanol–water partition coefficient (Wildman–Crippen LogP) is 5.21. The van der Waals surface area contributed by atoms with Gasteiger partial charge in [0.05, 0.1) is 7.11 Å². The first-order valence-electron chi connectivity index (χ1n) is 10.1. The fraction of sp³-hybridized carbons (Fsp3) is 0.348. The molecule has 4 rings (SSSR count). The van der Waals surface area contributed by atoms with E-state index in [-0.39, 0.29) is 16.6 Å². The number of hydrogen-bond acceptors (Lipinski definition) is 4. The summed E-state index contributed by atoms with van der Waals surface area (Å²) in [6.45, 7) is 2.22. The zero-order valence-electron chi connectivity index (χ0n) is 17.9. The van der Waals surface area contributed by atoms with Crippen molar-refractivity contribution >= 4 is 16.6 Å². The summed E-state index contributed by atoms with van der Waals surface area (Å²) in [4.78, 5) is 15.7. The van der Waals surface area contributed by atoms with Gasteiger partial charge in [-0.15, -0.1) is 0 Å². The van der Waals surface area contributed by atoms with Crippen LogP contribution in [0.15, 0.2) is 41.2 Å². The van der Waals surface area contributed by atoms with Crippen LogP contribution in [0, 0.1) is 17.6 Å². The van der Waals surface area contributed by atoms with E-state index in [0.717, 1.165) is 26.2 Å². The Labute approximate surface area is 185 Å². The third-order valence-electron chi connectivity index (χ3n) is 6.49. The van der Waals surface area contributed by atoms with Crippen molar-refractivity contribution in [3.63, 3.8) is 0 Å². The van der Waals surface area contributed by atoms with Crippen molar-refractivity contribution in [2.45, 2.75) is 37.6 Å². The van der Waals surface area contributed by atoms with Gasteiger partial charge in [0, 0.05) is 45.7 Å². The molecule has 1 aromatic heterocycles. The molecule has 0 amide bonds. The number of hydrogen-bond donors (Lipinski definition) is 2. The number of methoxy groups -OCH3 is 1. The van der Waals surface area contributed by atoms with Crippen LogP contribution in [0.2, 0.25) is 0 Å². The van der Waals surface area contributed by atoms with Crippen molar-refractivity contribution in [1.82, 2.24) is 4.98 Å². The smallest absolute Gasteiger partial charge is 0.417 e. The first kappa shape index (κ1) is 23.0. The number of nitrogen functional groups attached to an aromatic ring is 1. The largest absolute Gasteiger partial charge is 0.493 e. The number of halogens is 5. The lowest BCUT2D eigenvalue weighted by molar-refractivity contribution is -0.275. The van der Waals surface area contributed by atoms with Gasteiger partial charge < -0.3 is 20.2 Å². The maximum absolute atomic E-state index is 14.5. The Morgan fingerprint density at radius 2 is 1.85 bits per heavy atom. The van der Waals surface area contributed by atoms with Gasteiger partial charge in [-0.05, 0) is 31.2 Å². The third-order valence-corrected chi connectivity index (χ3v) is 6.49. The number of anilines is 1. The van der Waals surface area contributed by atoms with Crippen LogP contribution < -0.4 is 15.9 Å². The molecule has 176 valence electrons. The van der Waals surface area contributed by atoms with E-state index in [9.17, 15) is 26.7 Å². The highest BCUT2D eigenvalue weighted by atomic mass is 19.4. The molecule has 0 saturated carbocycles. The first-order chi connectivity index (χ1) is 15.4. The van der Waals surface area contributed by atoms with Gasteiger partial charge in [0.2, 0.25) is 5.82 Å². The third kappa shape index (κ3) is 3.52. The van der Waals surface area contributed by atoms with Crippen molar-refractivity contribution in [1.29, 1.82) is 0 Å². The summed E-state index contributed by atoms with van der Waals surface area (Å²) in [6.07, 6.45) is -6.11. The molecule has 1 saturated heterocycles. The highest BCUT2D eigenvalue weighted by molar-refractivity contribution is 5.81. The van der Waals surface area contributed by atoms with Gasteiger partial charge in [0.15, 0.2) is 22.6 Å². The van der Waals surface area contributed by atoms with Gasteiger partial charge in [-0.1, -0.05) is 13.0 Å². The molecule has 3 aromatic rings. The number of nitrogens with two attached hydrogens (primary N) is 1. The zero-order chi connectivity index (χ0) is 24.3. The zero-order valence-corrected chi connectivity index (χ0v) is 17.9. The summed E-state index contributed by atoms with van der Waals surface area (Å²) < 4.78 is 81.2. The molecule has 5 nitrogen and oxygen atoms in total. The maximum Gasteiger partial charge on any atom is 0.417 e. The summed E-state index contributed by atoms with van der Waals surface area (Å²) >= 11 is 0. The molecule has 0 unspecified atom stereocenters. The SMILES string of the molecule is COc1c([C@H]2[C@@H](c3cc(=O)c4cc(N)ccc4[nH]3)O[C@@](C)(C(F)(F)F)[C@H]2C)ccc(F)c1F. The van der Waals surface area contributed by atoms with E-state index < -0.39 is 52.5 Å². The predicted molar refractivity (Wildman–Crippen MR) is 112 cm³/mol. The highest BCUT2D eigenvalue weighted by Gasteiger charge is 2.65. The summed E-state index contributed by atoms with van der Waals surface area (Å²) in [6, 6.07) is 7.66. The molecule has 1 fully saturated rings. The number of benzene rings is 2. The molecule has 0 aliphatic carbocycles. The molecular weight excluding hydrogens is 447 g/mol. The van der Waals surface area contributed by atoms with Gasteiger partial charge in [-0.2, -0.15) is 17.6 Å². The quantitative estimate of drug-likeness (QED) is 0.409. The first-order valence-corrected chi connectivity index (χ1v) is 10.1. The second kappa shape index (κ2) is 7.72. The summed E-state index contributed by atoms with van der Waals surface area (Å²) in [7, 11) is 1.10. The van der Waals surface area contributed by atoms with Crippen LogP contribution in [0.4, 0.5) is 27.6 Å². The van der Waals surface area contributed by atoms with E-state index in [1.165, 1.54) is 31.2 Å². The van der Waals surface area contributed by atoms with Crippen molar-refractivity contribution in [3.05, 3.63) is 69.5 Å². The second-order valence-corrected chi connectivity index (χ2v) is 8.34. The molecule has 1 aliphatic heterocycles. The molecule has 2 aromatic carbocycles. The van der Waals surface area contributed by atoms with Gasteiger partial charge in [0.25, 0.3) is 0 Å². The minimum Gasteiger partial charge on any atom is -0.493 e. The Kier molecular flexibility index (Phi) is 5.39. The van der Waals surface area contributed by atoms with Crippen LogP contribution in [-0.4, -0.2) is 23.9 Å². The van der Waals surface area contributed by atoms with E-state index in [1.54, 1.807) is 0 Å². The lowest BCUT2D eigenvalue weighted by atomic mass is 9.76. The Bertz CT molecular complexity index is 1290. The van der Waals surface area contributed by atoms with E-state index in [1.807, 2.05) is 0 Å². The van der Waals surface area contributed by atoms with E-state index in [2.05, 4.69) is 4.98 Å². The number of H-pyrrole nitrogens is 1. The molecule has 0 spiro atoms. The lowest BCUT2D eigenvalue weighted by Crippen LogP contribution is -2.46. The lowest BCUT2D eigenvalue weighted by Gasteiger charge is -2.32. The molecule has 33 heavy (non-hydrogen) atoms. The Balaban J connectivity index is 1.96. The van der Waals surface area contributed by atoms with Crippen molar-refractivity contribution in [3.8, 4) is 5.75 Å². The number of alkyl halides is 3. The van der Waals surface area contributed by atoms with Crippen LogP contribution in [0.1, 0.15) is 37.1 Å². The monoisotopic (exact) mass is 468 g/mol. The average Bonchev–Trinajstić information content (AvgIpc) is 3.02. The molecule has 4 atom stereocenters. The number of aromatic nitrogens is 1. The van der Waals surface area contributed by atoms with Crippen LogP contribution in [-0.2, 0) is 4.74 Å². The van der Waals surface area contributed by atoms with E-state index in [4.69, 9.17) is 15.2 Å². The molecule has 0 radical (unpaired) electrons. The van der Waals surface area contributed by atoms with Gasteiger partial charge in [-0.25, -0.2) is 4.39 Å². The number of nitrogens with one attached hydrogen (secondary N) is 1. The second-order valence-electron chi connectivity index (χ2n) is 8.34. The molecule has 2 heterocycles. The van der Waals surface area contributed by atoms with E-state index >= 15 is 0 Å². The molecular formula is C23H21F5N2O3. The van der Waals surface area contributed by atoms with Crippen LogP contribution in [0.3, 0.4) is 0 Å². The topological polar surface area (TPSA) is 77.3 Å². The van der Waals surface area contributed by atoms with Crippen LogP contribution in [0.5, 0.6) is 5.75 Å². The summed E-state index contributed by atoms with van der Waals surface area (Å²) in [5.74, 6) is -5.39. The minimum atomic E-state index is -4.78. The van der Waals surface area contributed by atoms with Crippen molar-refractivity contribution < 1.29 is 31.4 Å². The maximum atomic E-state index is 14.5. The van der Waals surface area contributed by atoms with Crippen LogP contribution >= 0.6 is 0 Å². The standard InChI is InChI=1S/C23H21F5N2O3/c1-10-18(12-5-6-14(24)19(25)20(12)32-3)21(33-22(10,2)23(26,27)28)16-9-17(31)13-8-11(29)4-7-15(13)30-16/h4-10,18,21H,29H2,1-3H3,(H,30,31)/t10-,18-,21+,22+/m0/s1. The molecule has 0 bridgehead atoms. The number of rotatable bonds is 3. The average molecular weight is 468 g/mol. The summed E-state index contributed by atoms with van der Waals surface area (Å²) in [5, 5.41) is 0.255. The fourth-order valence-corrected chi connectivity index (χ4v) is 4.52. The number of fused-ring (bicyclic) bond motifs is 1. The Morgan fingerprint density at radius 1 is 1.15 bits per heavy atom. The van der Waals surface area contributed by atoms with Crippen LogP contribution in [0.25, 0.3) is 10.9 Å². The number of pyridine rings is 1. The minimum absolute atomic E-state index is 0.000118. The van der Waals surface area contributed by atoms with Gasteiger partial charge in [-0.3, -0.25) is 4.79 Å². The molecule has 10 heteroatoms. The molecule has 3 N–H and O–H groups in total. The normalized spacial score (nSPS) is 25.5. The van der Waals surface area contributed by atoms with E-state index in [0.29, 0.717) is 11.2 Å².